The van der Waals surface area contributed by atoms with Gasteiger partial charge in [0.15, 0.2) is 10.7 Å². The number of Topliss-reactive ketones (excluding diaryl/α,β-unsaturated/α-hetero) is 1. The second-order valence-corrected chi connectivity index (χ2v) is 9.23. The zero-order valence-corrected chi connectivity index (χ0v) is 18.1. The molecule has 7 heteroatoms. The fourth-order valence-corrected chi connectivity index (χ4v) is 6.08. The van der Waals surface area contributed by atoms with E-state index < -0.39 is 10.8 Å². The van der Waals surface area contributed by atoms with Crippen LogP contribution in [0, 0.1) is 0 Å². The molecule has 4 rings (SSSR count). The molecule has 6 nitrogen and oxygen atoms in total. The van der Waals surface area contributed by atoms with Crippen molar-refractivity contribution in [2.24, 2.45) is 0 Å². The maximum absolute atomic E-state index is 13.6. The van der Waals surface area contributed by atoms with Gasteiger partial charge in [0.1, 0.15) is 0 Å². The molecule has 162 valence electrons. The van der Waals surface area contributed by atoms with Crippen molar-refractivity contribution in [3.8, 4) is 0 Å². The molecule has 0 bridgehead atoms. The summed E-state index contributed by atoms with van der Waals surface area (Å²) in [4.78, 5) is 40.5. The number of hydrogen-bond acceptors (Lipinski definition) is 4. The molecule has 0 radical (unpaired) electrons. The van der Waals surface area contributed by atoms with E-state index in [0.29, 0.717) is 31.7 Å². The van der Waals surface area contributed by atoms with Crippen molar-refractivity contribution in [3.63, 3.8) is 0 Å². The van der Waals surface area contributed by atoms with Crippen LogP contribution in [0.1, 0.15) is 36.8 Å². The van der Waals surface area contributed by atoms with Gasteiger partial charge in [0.05, 0.1) is 6.04 Å². The Kier molecular flexibility index (Phi) is 6.32. The maximum Gasteiger partial charge on any atom is 0.322 e. The number of carbonyl (C=O) groups excluding carboxylic acids is 2. The van der Waals surface area contributed by atoms with Gasteiger partial charge in [-0.1, -0.05) is 60.7 Å². The van der Waals surface area contributed by atoms with Crippen LogP contribution in [-0.2, 0) is 21.0 Å². The first-order chi connectivity index (χ1) is 15.0. The molecule has 2 aromatic rings. The number of ketones is 1. The lowest BCUT2D eigenvalue weighted by molar-refractivity contribution is -0.137. The zero-order valence-electron chi connectivity index (χ0n) is 17.3. The van der Waals surface area contributed by atoms with Gasteiger partial charge >= 0.3 is 12.0 Å². The second-order valence-electron chi connectivity index (χ2n) is 8.02. The Balaban J connectivity index is 1.59. The average molecular weight is 439 g/mol. The minimum Gasteiger partial charge on any atom is -0.481 e. The first-order valence-electron chi connectivity index (χ1n) is 10.6. The van der Waals surface area contributed by atoms with Crippen LogP contribution < -0.4 is 0 Å². The summed E-state index contributed by atoms with van der Waals surface area (Å²) in [5.74, 6) is -0.175. The van der Waals surface area contributed by atoms with Gasteiger partial charge in [0, 0.05) is 31.7 Å². The summed E-state index contributed by atoms with van der Waals surface area (Å²) >= 11 is 1.53. The average Bonchev–Trinajstić information content (AvgIpc) is 3.31. The lowest BCUT2D eigenvalue weighted by Crippen LogP contribution is -2.50. The number of thioether (sulfide) groups is 1. The number of carbonyl (C=O) groups is 3. The SMILES string of the molecule is O=C(O)CCCCC(=O)C1(c2ccccc2)SCC2CN(Cc3ccccc3)C(=O)N21. The van der Waals surface area contributed by atoms with Crippen LogP contribution in [0.25, 0.3) is 0 Å². The van der Waals surface area contributed by atoms with E-state index in [1.54, 1.807) is 4.90 Å². The highest BCUT2D eigenvalue weighted by atomic mass is 32.2. The summed E-state index contributed by atoms with van der Waals surface area (Å²) < 4.78 is 0. The summed E-state index contributed by atoms with van der Waals surface area (Å²) in [6.45, 7) is 1.12. The molecule has 2 atom stereocenters. The van der Waals surface area contributed by atoms with Crippen LogP contribution in [0.15, 0.2) is 60.7 Å². The second kappa shape index (κ2) is 9.14. The molecule has 0 saturated carbocycles. The summed E-state index contributed by atoms with van der Waals surface area (Å²) in [6.07, 6.45) is 1.26. The zero-order chi connectivity index (χ0) is 21.8. The van der Waals surface area contributed by atoms with Gasteiger partial charge in [-0.25, -0.2) is 4.79 Å². The van der Waals surface area contributed by atoms with Gasteiger partial charge in [-0.15, -0.1) is 11.8 Å². The minimum absolute atomic E-state index is 0.0218. The molecule has 0 spiro atoms. The third kappa shape index (κ3) is 4.19. The number of aliphatic carboxylic acids is 1. The minimum atomic E-state index is -1.04. The van der Waals surface area contributed by atoms with Crippen molar-refractivity contribution in [2.75, 3.05) is 12.3 Å². The largest absolute Gasteiger partial charge is 0.481 e. The van der Waals surface area contributed by atoms with Crippen molar-refractivity contribution in [1.82, 2.24) is 9.80 Å². The van der Waals surface area contributed by atoms with E-state index in [2.05, 4.69) is 0 Å². The molecule has 1 N–H and O–H groups in total. The van der Waals surface area contributed by atoms with Crippen LogP contribution in [0.3, 0.4) is 0 Å². The number of urea groups is 1. The summed E-state index contributed by atoms with van der Waals surface area (Å²) in [6, 6.07) is 19.3. The van der Waals surface area contributed by atoms with Crippen molar-refractivity contribution < 1.29 is 19.5 Å². The van der Waals surface area contributed by atoms with Gasteiger partial charge in [-0.2, -0.15) is 0 Å². The van der Waals surface area contributed by atoms with Gasteiger partial charge in [0.25, 0.3) is 0 Å². The molecule has 2 saturated heterocycles. The Labute approximate surface area is 186 Å². The molecule has 31 heavy (non-hydrogen) atoms. The molecule has 0 aromatic heterocycles. The third-order valence-electron chi connectivity index (χ3n) is 5.90. The predicted molar refractivity (Wildman–Crippen MR) is 120 cm³/mol. The van der Waals surface area contributed by atoms with Crippen LogP contribution in [0.2, 0.25) is 0 Å². The normalized spacial score (nSPS) is 22.6. The van der Waals surface area contributed by atoms with Crippen molar-refractivity contribution in [1.29, 1.82) is 0 Å². The van der Waals surface area contributed by atoms with Crippen molar-refractivity contribution >= 4 is 29.5 Å². The standard InChI is InChI=1S/C24H26N2O4S/c27-21(13-7-8-14-22(28)29)24(19-11-5-2-6-12-19)26-20(17-31-24)16-25(23(26)30)15-18-9-3-1-4-10-18/h1-6,9-12,20H,7-8,13-17H2,(H,28,29). The van der Waals surface area contributed by atoms with Crippen molar-refractivity contribution in [2.45, 2.75) is 43.1 Å². The van der Waals surface area contributed by atoms with E-state index in [-0.39, 0.29) is 30.7 Å². The molecular formula is C24H26N2O4S. The molecule has 2 fully saturated rings. The molecule has 2 aliphatic heterocycles. The summed E-state index contributed by atoms with van der Waals surface area (Å²) in [5.41, 5.74) is 1.88. The fraction of sp³-hybridized carbons (Fsp3) is 0.375. The number of fused-ring (bicyclic) bond motifs is 1. The monoisotopic (exact) mass is 438 g/mol. The number of nitrogens with zero attached hydrogens (tertiary/aromatic N) is 2. The van der Waals surface area contributed by atoms with Gasteiger partial charge in [-0.05, 0) is 24.0 Å². The summed E-state index contributed by atoms with van der Waals surface area (Å²) in [7, 11) is 0. The van der Waals surface area contributed by atoms with Gasteiger partial charge < -0.3 is 10.0 Å². The first-order valence-corrected chi connectivity index (χ1v) is 11.6. The van der Waals surface area contributed by atoms with E-state index in [0.717, 1.165) is 11.1 Å². The number of carboxylic acids is 1. The first kappa shape index (κ1) is 21.4. The number of benzene rings is 2. The lowest BCUT2D eigenvalue weighted by atomic mass is 9.95. The number of carboxylic acid groups (broad SMARTS) is 1. The van der Waals surface area contributed by atoms with E-state index in [9.17, 15) is 14.4 Å². The van der Waals surface area contributed by atoms with E-state index >= 15 is 0 Å². The summed E-state index contributed by atoms with van der Waals surface area (Å²) in [5, 5.41) is 8.88. The maximum atomic E-state index is 13.6. The molecule has 2 aromatic carbocycles. The number of hydrogen-bond donors (Lipinski definition) is 1. The Hall–Kier alpha value is -2.80. The molecule has 0 aliphatic carbocycles. The van der Waals surface area contributed by atoms with Crippen LogP contribution in [0.5, 0.6) is 0 Å². The van der Waals surface area contributed by atoms with Gasteiger partial charge in [-0.3, -0.25) is 14.5 Å². The Bertz CT molecular complexity index is 953. The quantitative estimate of drug-likeness (QED) is 0.596. The Morgan fingerprint density at radius 3 is 2.32 bits per heavy atom. The number of unbranched alkanes of at least 4 members (excludes halogenated alkanes) is 1. The smallest absolute Gasteiger partial charge is 0.322 e. The third-order valence-corrected chi connectivity index (χ3v) is 7.53. The number of rotatable bonds is 9. The van der Waals surface area contributed by atoms with E-state index in [1.807, 2.05) is 65.6 Å². The topological polar surface area (TPSA) is 77.9 Å². The van der Waals surface area contributed by atoms with Crippen molar-refractivity contribution in [3.05, 3.63) is 71.8 Å². The molecule has 2 amide bonds. The highest BCUT2D eigenvalue weighted by molar-refractivity contribution is 8.01. The Morgan fingerprint density at radius 2 is 1.65 bits per heavy atom. The molecule has 2 unspecified atom stereocenters. The highest BCUT2D eigenvalue weighted by Crippen LogP contribution is 2.51. The Morgan fingerprint density at radius 1 is 1.00 bits per heavy atom. The molecule has 2 heterocycles. The van der Waals surface area contributed by atoms with E-state index in [1.165, 1.54) is 11.8 Å². The predicted octanol–water partition coefficient (Wildman–Crippen LogP) is 4.11. The van der Waals surface area contributed by atoms with Crippen LogP contribution in [0.4, 0.5) is 4.79 Å². The van der Waals surface area contributed by atoms with Crippen LogP contribution >= 0.6 is 11.8 Å². The molecular weight excluding hydrogens is 412 g/mol. The lowest BCUT2D eigenvalue weighted by Gasteiger charge is -2.36. The van der Waals surface area contributed by atoms with Crippen LogP contribution in [-0.4, -0.2) is 51.0 Å². The highest BCUT2D eigenvalue weighted by Gasteiger charge is 2.59. The van der Waals surface area contributed by atoms with E-state index in [4.69, 9.17) is 5.11 Å². The number of amides is 2. The van der Waals surface area contributed by atoms with Gasteiger partial charge in [0.2, 0.25) is 0 Å². The fourth-order valence-electron chi connectivity index (χ4n) is 4.46. The molecule has 2 aliphatic rings.